The summed E-state index contributed by atoms with van der Waals surface area (Å²) in [5.41, 5.74) is 3.31. The Bertz CT molecular complexity index is 1250. The third-order valence-electron chi connectivity index (χ3n) is 6.01. The first-order valence-electron chi connectivity index (χ1n) is 11.3. The lowest BCUT2D eigenvalue weighted by Crippen LogP contribution is -2.47. The maximum atomic E-state index is 13.4. The number of fused-ring (bicyclic) bond motifs is 1. The fourth-order valence-electron chi connectivity index (χ4n) is 4.24. The highest BCUT2D eigenvalue weighted by atomic mass is 16.2. The molecule has 3 amide bonds. The molecule has 2 aromatic heterocycles. The van der Waals surface area contributed by atoms with Crippen LogP contribution in [-0.2, 0) is 11.3 Å². The molecule has 35 heavy (non-hydrogen) atoms. The Balaban J connectivity index is 1.86. The Hall–Kier alpha value is -4.38. The maximum absolute atomic E-state index is 13.4. The molecular formula is C24H28N8O3. The molecule has 0 radical (unpaired) electrons. The molecule has 5 N–H and O–H groups in total. The fraction of sp³-hybridized carbons (Fsp3) is 0.250. The largest absolute Gasteiger partial charge is 0.353 e. The molecule has 0 spiro atoms. The Morgan fingerprint density at radius 2 is 1.89 bits per heavy atom. The summed E-state index contributed by atoms with van der Waals surface area (Å²) in [6, 6.07) is 12.5. The number of rotatable bonds is 7. The number of ketones is 1. The first kappa shape index (κ1) is 23.8. The first-order chi connectivity index (χ1) is 16.9. The number of nitrogens with two attached hydrogens (primary N) is 2. The number of nitrogens with zero attached hydrogens (tertiary/aromatic N) is 5. The Morgan fingerprint density at radius 3 is 2.54 bits per heavy atom. The van der Waals surface area contributed by atoms with Gasteiger partial charge in [-0.25, -0.2) is 20.6 Å². The number of benzene rings is 1. The maximum Gasteiger partial charge on any atom is 0.320 e. The van der Waals surface area contributed by atoms with Gasteiger partial charge >= 0.3 is 6.03 Å². The number of aromatic nitrogens is 2. The molecule has 0 saturated carbocycles. The van der Waals surface area contributed by atoms with E-state index in [4.69, 9.17) is 11.7 Å². The molecule has 0 fully saturated rings. The molecule has 3 heterocycles. The van der Waals surface area contributed by atoms with Crippen LogP contribution >= 0.6 is 0 Å². The molecule has 1 aliphatic rings. The molecule has 3 aromatic rings. The Kier molecular flexibility index (Phi) is 6.69. The van der Waals surface area contributed by atoms with Gasteiger partial charge in [0.25, 0.3) is 0 Å². The number of para-hydroxylation sites is 1. The highest BCUT2D eigenvalue weighted by molar-refractivity contribution is 6.09. The van der Waals surface area contributed by atoms with Crippen LogP contribution in [0.25, 0.3) is 11.3 Å². The van der Waals surface area contributed by atoms with Crippen LogP contribution in [0.1, 0.15) is 29.9 Å². The van der Waals surface area contributed by atoms with Crippen molar-refractivity contribution in [3.8, 4) is 11.3 Å². The van der Waals surface area contributed by atoms with E-state index in [-0.39, 0.29) is 30.7 Å². The van der Waals surface area contributed by atoms with Gasteiger partial charge < -0.3 is 21.0 Å². The Morgan fingerprint density at radius 1 is 1.17 bits per heavy atom. The third kappa shape index (κ3) is 4.41. The molecule has 4 rings (SSSR count). The molecule has 182 valence electrons. The van der Waals surface area contributed by atoms with Gasteiger partial charge in [-0.2, -0.15) is 0 Å². The van der Waals surface area contributed by atoms with Crippen molar-refractivity contribution >= 4 is 35.4 Å². The van der Waals surface area contributed by atoms with E-state index in [9.17, 15) is 14.4 Å². The molecule has 0 atom stereocenters. The van der Waals surface area contributed by atoms with E-state index in [1.165, 1.54) is 15.8 Å². The van der Waals surface area contributed by atoms with E-state index in [0.717, 1.165) is 10.7 Å². The monoisotopic (exact) mass is 476 g/mol. The van der Waals surface area contributed by atoms with E-state index in [1.807, 2.05) is 44.2 Å². The number of hydrogen-bond acceptors (Lipinski definition) is 7. The third-order valence-corrected chi connectivity index (χ3v) is 6.01. The summed E-state index contributed by atoms with van der Waals surface area (Å²) in [7, 11) is 0. The second-order valence-corrected chi connectivity index (χ2v) is 8.06. The molecule has 11 nitrogen and oxygen atoms in total. The lowest BCUT2D eigenvalue weighted by atomic mass is 10.0. The average molecular weight is 477 g/mol. The van der Waals surface area contributed by atoms with Crippen molar-refractivity contribution in [2.45, 2.75) is 20.4 Å². The van der Waals surface area contributed by atoms with Gasteiger partial charge in [0.15, 0.2) is 5.78 Å². The van der Waals surface area contributed by atoms with Gasteiger partial charge in [-0.1, -0.05) is 18.2 Å². The number of amides is 3. The quantitative estimate of drug-likeness (QED) is 0.205. The van der Waals surface area contributed by atoms with Crippen molar-refractivity contribution in [1.82, 2.24) is 19.5 Å². The first-order valence-corrected chi connectivity index (χ1v) is 11.3. The van der Waals surface area contributed by atoms with Gasteiger partial charge in [-0.05, 0) is 38.1 Å². The van der Waals surface area contributed by atoms with Gasteiger partial charge in [0.1, 0.15) is 5.82 Å². The van der Waals surface area contributed by atoms with Crippen LogP contribution in [0.4, 0.5) is 22.0 Å². The molecule has 0 unspecified atom stereocenters. The molecule has 0 aliphatic carbocycles. The van der Waals surface area contributed by atoms with Gasteiger partial charge in [-0.3, -0.25) is 14.3 Å². The summed E-state index contributed by atoms with van der Waals surface area (Å²) >= 11 is 0. The molecule has 0 saturated heterocycles. The van der Waals surface area contributed by atoms with Crippen molar-refractivity contribution in [2.24, 2.45) is 5.84 Å². The van der Waals surface area contributed by atoms with Crippen molar-refractivity contribution in [3.63, 3.8) is 0 Å². The van der Waals surface area contributed by atoms with E-state index < -0.39 is 0 Å². The van der Waals surface area contributed by atoms with Crippen LogP contribution in [-0.4, -0.2) is 57.3 Å². The molecule has 1 aliphatic heterocycles. The number of hydrazine groups is 1. The summed E-state index contributed by atoms with van der Waals surface area (Å²) in [6.45, 7) is 4.98. The van der Waals surface area contributed by atoms with Gasteiger partial charge in [-0.15, -0.1) is 0 Å². The number of urea groups is 1. The van der Waals surface area contributed by atoms with E-state index in [1.54, 1.807) is 17.0 Å². The van der Waals surface area contributed by atoms with Crippen LogP contribution in [0.15, 0.2) is 48.7 Å². The van der Waals surface area contributed by atoms with Crippen molar-refractivity contribution in [3.05, 3.63) is 59.9 Å². The molecule has 11 heteroatoms. The second-order valence-electron chi connectivity index (χ2n) is 8.06. The summed E-state index contributed by atoms with van der Waals surface area (Å²) in [4.78, 5) is 44.9. The number of anilines is 3. The summed E-state index contributed by atoms with van der Waals surface area (Å²) in [5.74, 6) is 12.3. The zero-order chi connectivity index (χ0) is 25.1. The number of carbonyl (C=O) groups excluding carboxylic acids is 3. The lowest BCUT2D eigenvalue weighted by molar-refractivity contribution is -0.107. The smallest absolute Gasteiger partial charge is 0.320 e. The topological polar surface area (TPSA) is 143 Å². The van der Waals surface area contributed by atoms with Gasteiger partial charge in [0, 0.05) is 30.5 Å². The average Bonchev–Trinajstić information content (AvgIpc) is 3.16. The number of Topliss-reactive ketones (excluding diaryl/α,β-unsaturated/α-hetero) is 1. The minimum absolute atomic E-state index is 0.0570. The molecule has 1 aromatic carbocycles. The molecular weight excluding hydrogens is 448 g/mol. The van der Waals surface area contributed by atoms with E-state index in [2.05, 4.69) is 10.3 Å². The standard InChI is InChI=1S/C24H28N8O3/c1-3-29(4-2)24(35)30-13-18-21(19(34)14-30)22(28-17-8-6-5-7-9-17)23(32(18)26)16-10-11-27-20(12-16)31(25)15-33/h5-12,15,28H,3-4,13-14,25-26H2,1-2H3. The van der Waals surface area contributed by atoms with Crippen LogP contribution in [0.2, 0.25) is 0 Å². The predicted octanol–water partition coefficient (Wildman–Crippen LogP) is 2.30. The number of pyridine rings is 1. The van der Waals surface area contributed by atoms with Crippen molar-refractivity contribution in [2.75, 3.05) is 35.8 Å². The number of nitrogens with one attached hydrogen (secondary N) is 1. The van der Waals surface area contributed by atoms with Gasteiger partial charge in [0.05, 0.1) is 35.7 Å². The van der Waals surface area contributed by atoms with Crippen LogP contribution < -0.4 is 22.0 Å². The number of carbonyl (C=O) groups is 3. The normalized spacial score (nSPS) is 12.8. The van der Waals surface area contributed by atoms with Crippen LogP contribution in [0.3, 0.4) is 0 Å². The highest BCUT2D eigenvalue weighted by Crippen LogP contribution is 2.40. The zero-order valence-electron chi connectivity index (χ0n) is 19.6. The second kappa shape index (κ2) is 9.85. The Labute approximate surface area is 202 Å². The summed E-state index contributed by atoms with van der Waals surface area (Å²) in [5, 5.41) is 4.19. The minimum Gasteiger partial charge on any atom is -0.353 e. The highest BCUT2D eigenvalue weighted by Gasteiger charge is 2.36. The summed E-state index contributed by atoms with van der Waals surface area (Å²) < 4.78 is 1.42. The number of hydrogen-bond donors (Lipinski definition) is 3. The zero-order valence-corrected chi connectivity index (χ0v) is 19.6. The molecule has 0 bridgehead atoms. The van der Waals surface area contributed by atoms with E-state index in [0.29, 0.717) is 47.7 Å². The van der Waals surface area contributed by atoms with Crippen molar-refractivity contribution in [1.29, 1.82) is 0 Å². The fourth-order valence-corrected chi connectivity index (χ4v) is 4.24. The minimum atomic E-state index is -0.224. The lowest BCUT2D eigenvalue weighted by Gasteiger charge is -2.31. The van der Waals surface area contributed by atoms with Gasteiger partial charge in [0.2, 0.25) is 6.41 Å². The van der Waals surface area contributed by atoms with Crippen LogP contribution in [0.5, 0.6) is 0 Å². The number of nitrogen functional groups attached to an aromatic ring is 1. The SMILES string of the molecule is CCN(CC)C(=O)N1CC(=O)c2c(Nc3ccccc3)c(-c3ccnc(N(N)C=O)c3)n(N)c2C1. The van der Waals surface area contributed by atoms with E-state index >= 15 is 0 Å². The van der Waals surface area contributed by atoms with Crippen molar-refractivity contribution < 1.29 is 14.4 Å². The summed E-state index contributed by atoms with van der Waals surface area (Å²) in [6.07, 6.45) is 1.95. The van der Waals surface area contributed by atoms with Crippen LogP contribution in [0, 0.1) is 0 Å². The predicted molar refractivity (Wildman–Crippen MR) is 133 cm³/mol.